The summed E-state index contributed by atoms with van der Waals surface area (Å²) < 4.78 is 1.63. The number of amides is 1. The van der Waals surface area contributed by atoms with E-state index in [9.17, 15) is 14.7 Å². The lowest BCUT2D eigenvalue weighted by Gasteiger charge is -2.14. The zero-order valence-electron chi connectivity index (χ0n) is 14.7. The minimum absolute atomic E-state index is 0.0358. The first-order valence-corrected chi connectivity index (χ1v) is 8.70. The summed E-state index contributed by atoms with van der Waals surface area (Å²) in [6.45, 7) is 4.23. The lowest BCUT2D eigenvalue weighted by molar-refractivity contribution is 0.0946. The van der Waals surface area contributed by atoms with Crippen molar-refractivity contribution in [3.63, 3.8) is 0 Å². The number of carbonyl (C=O) groups is 1. The van der Waals surface area contributed by atoms with Gasteiger partial charge in [-0.25, -0.2) is 0 Å². The molecule has 0 saturated carbocycles. The van der Waals surface area contributed by atoms with E-state index in [1.807, 2.05) is 50.2 Å². The van der Waals surface area contributed by atoms with Gasteiger partial charge in [-0.1, -0.05) is 42.0 Å². The van der Waals surface area contributed by atoms with Gasteiger partial charge in [0.15, 0.2) is 0 Å². The molecule has 132 valence electrons. The zero-order valence-corrected chi connectivity index (χ0v) is 14.7. The first-order valence-electron chi connectivity index (χ1n) is 8.70. The Morgan fingerprint density at radius 3 is 2.81 bits per heavy atom. The first-order chi connectivity index (χ1) is 12.5. The van der Waals surface area contributed by atoms with E-state index in [1.54, 1.807) is 10.6 Å². The molecule has 5 heteroatoms. The van der Waals surface area contributed by atoms with E-state index in [2.05, 4.69) is 5.32 Å². The third kappa shape index (κ3) is 2.47. The van der Waals surface area contributed by atoms with Crippen LogP contribution in [-0.2, 0) is 13.0 Å². The molecule has 2 heterocycles. The molecule has 1 amide bonds. The minimum atomic E-state index is -0.552. The van der Waals surface area contributed by atoms with E-state index in [1.165, 1.54) is 0 Å². The van der Waals surface area contributed by atoms with E-state index >= 15 is 0 Å². The summed E-state index contributed by atoms with van der Waals surface area (Å²) in [5.74, 6) is -0.789. The SMILES string of the molecule is Cc1cccc(CNC(=O)c2c(O)c3cccc4c3n(c2=O)[C@H](C)C4)c1. The van der Waals surface area contributed by atoms with Gasteiger partial charge < -0.3 is 15.0 Å². The normalized spacial score (nSPS) is 15.4. The van der Waals surface area contributed by atoms with Gasteiger partial charge in [-0.3, -0.25) is 9.59 Å². The Labute approximate surface area is 150 Å². The van der Waals surface area contributed by atoms with Crippen molar-refractivity contribution in [2.45, 2.75) is 32.9 Å². The predicted octanol–water partition coefficient (Wildman–Crippen LogP) is 3.06. The number of nitrogens with one attached hydrogen (secondary N) is 1. The molecule has 0 spiro atoms. The average Bonchev–Trinajstić information content (AvgIpc) is 2.95. The number of benzene rings is 2. The van der Waals surface area contributed by atoms with Gasteiger partial charge in [0.05, 0.1) is 5.52 Å². The largest absolute Gasteiger partial charge is 0.506 e. The minimum Gasteiger partial charge on any atom is -0.506 e. The summed E-state index contributed by atoms with van der Waals surface area (Å²) in [7, 11) is 0. The van der Waals surface area contributed by atoms with Gasteiger partial charge in [0.1, 0.15) is 11.3 Å². The molecule has 0 aliphatic carbocycles. The zero-order chi connectivity index (χ0) is 18.4. The molecule has 2 N–H and O–H groups in total. The Bertz CT molecular complexity index is 1100. The highest BCUT2D eigenvalue weighted by atomic mass is 16.3. The first kappa shape index (κ1) is 16.4. The summed E-state index contributed by atoms with van der Waals surface area (Å²) in [4.78, 5) is 25.6. The van der Waals surface area contributed by atoms with Crippen LogP contribution >= 0.6 is 0 Å². The maximum Gasteiger partial charge on any atom is 0.267 e. The number of aromatic hydroxyl groups is 1. The number of nitrogens with zero attached hydrogens (tertiary/aromatic N) is 1. The van der Waals surface area contributed by atoms with Gasteiger partial charge >= 0.3 is 0 Å². The van der Waals surface area contributed by atoms with Crippen molar-refractivity contribution in [2.75, 3.05) is 0 Å². The molecule has 4 rings (SSSR count). The number of rotatable bonds is 3. The third-order valence-electron chi connectivity index (χ3n) is 5.00. The van der Waals surface area contributed by atoms with E-state index < -0.39 is 11.5 Å². The van der Waals surface area contributed by atoms with Crippen LogP contribution in [0.5, 0.6) is 5.75 Å². The number of hydrogen-bond acceptors (Lipinski definition) is 3. The van der Waals surface area contributed by atoms with Crippen LogP contribution in [0.25, 0.3) is 10.9 Å². The summed E-state index contributed by atoms with van der Waals surface area (Å²) in [6, 6.07) is 13.3. The lowest BCUT2D eigenvalue weighted by atomic mass is 10.1. The fourth-order valence-corrected chi connectivity index (χ4v) is 3.82. The number of pyridine rings is 1. The molecule has 1 aliphatic rings. The van der Waals surface area contributed by atoms with Crippen molar-refractivity contribution in [3.8, 4) is 5.75 Å². The Hall–Kier alpha value is -3.08. The number of hydrogen-bond donors (Lipinski definition) is 2. The third-order valence-corrected chi connectivity index (χ3v) is 5.00. The number of aromatic nitrogens is 1. The summed E-state index contributed by atoms with van der Waals surface area (Å²) in [5, 5.41) is 13.9. The topological polar surface area (TPSA) is 71.3 Å². The van der Waals surface area contributed by atoms with E-state index in [-0.39, 0.29) is 17.4 Å². The smallest absolute Gasteiger partial charge is 0.267 e. The van der Waals surface area contributed by atoms with Crippen molar-refractivity contribution >= 4 is 16.8 Å². The average molecular weight is 348 g/mol. The van der Waals surface area contributed by atoms with Crippen LogP contribution in [0, 0.1) is 6.92 Å². The highest BCUT2D eigenvalue weighted by Gasteiger charge is 2.29. The van der Waals surface area contributed by atoms with Crippen molar-refractivity contribution in [3.05, 3.63) is 75.1 Å². The van der Waals surface area contributed by atoms with Gasteiger partial charge in [-0.2, -0.15) is 0 Å². The van der Waals surface area contributed by atoms with Crippen LogP contribution in [0.15, 0.2) is 47.3 Å². The van der Waals surface area contributed by atoms with E-state index in [4.69, 9.17) is 0 Å². The maximum absolute atomic E-state index is 12.9. The van der Waals surface area contributed by atoms with Crippen LogP contribution in [0.3, 0.4) is 0 Å². The predicted molar refractivity (Wildman–Crippen MR) is 101 cm³/mol. The molecule has 0 saturated heterocycles. The van der Waals surface area contributed by atoms with E-state index in [0.717, 1.165) is 28.6 Å². The van der Waals surface area contributed by atoms with Crippen molar-refractivity contribution in [2.24, 2.45) is 0 Å². The number of para-hydroxylation sites is 1. The molecule has 0 fully saturated rings. The van der Waals surface area contributed by atoms with Crippen LogP contribution in [0.4, 0.5) is 0 Å². The number of aryl methyl sites for hydroxylation is 1. The highest BCUT2D eigenvalue weighted by Crippen LogP contribution is 2.35. The Morgan fingerprint density at radius 2 is 2.04 bits per heavy atom. The van der Waals surface area contributed by atoms with Crippen LogP contribution in [-0.4, -0.2) is 15.6 Å². The maximum atomic E-state index is 12.9. The van der Waals surface area contributed by atoms with Gasteiger partial charge in [0.2, 0.25) is 0 Å². The molecule has 1 atom stereocenters. The van der Waals surface area contributed by atoms with Crippen LogP contribution in [0.1, 0.15) is 40.0 Å². The second kappa shape index (κ2) is 6.02. The summed E-state index contributed by atoms with van der Waals surface area (Å²) in [6.07, 6.45) is 0.723. The van der Waals surface area contributed by atoms with Crippen LogP contribution < -0.4 is 10.9 Å². The Kier molecular flexibility index (Phi) is 3.80. The van der Waals surface area contributed by atoms with Crippen molar-refractivity contribution in [1.82, 2.24) is 9.88 Å². The summed E-state index contributed by atoms with van der Waals surface area (Å²) in [5.41, 5.74) is 3.18. The Balaban J connectivity index is 1.76. The molecule has 0 unspecified atom stereocenters. The molecule has 0 bridgehead atoms. The lowest BCUT2D eigenvalue weighted by Crippen LogP contribution is -2.33. The van der Waals surface area contributed by atoms with Crippen molar-refractivity contribution in [1.29, 1.82) is 0 Å². The molecule has 1 aromatic heterocycles. The molecule has 5 nitrogen and oxygen atoms in total. The fraction of sp³-hybridized carbons (Fsp3) is 0.238. The van der Waals surface area contributed by atoms with Gasteiger partial charge in [0.25, 0.3) is 11.5 Å². The van der Waals surface area contributed by atoms with Gasteiger partial charge in [-0.15, -0.1) is 0 Å². The molecule has 2 aromatic carbocycles. The highest BCUT2D eigenvalue weighted by molar-refractivity contribution is 6.03. The van der Waals surface area contributed by atoms with Crippen molar-refractivity contribution < 1.29 is 9.90 Å². The van der Waals surface area contributed by atoms with E-state index in [0.29, 0.717) is 11.9 Å². The fourth-order valence-electron chi connectivity index (χ4n) is 3.82. The van der Waals surface area contributed by atoms with Gasteiger partial charge in [-0.05, 0) is 37.5 Å². The molecule has 1 aliphatic heterocycles. The molecular weight excluding hydrogens is 328 g/mol. The standard InChI is InChI=1S/C21H20N2O3/c1-12-5-3-6-14(9-12)11-22-20(25)17-19(24)16-8-4-7-15-10-13(2)23(18(15)16)21(17)26/h3-9,13,24H,10-11H2,1-2H3,(H,22,25)/t13-/m1/s1. The molecule has 0 radical (unpaired) electrons. The van der Waals surface area contributed by atoms with Crippen LogP contribution in [0.2, 0.25) is 0 Å². The second-order valence-corrected chi connectivity index (χ2v) is 6.94. The summed E-state index contributed by atoms with van der Waals surface area (Å²) >= 11 is 0. The van der Waals surface area contributed by atoms with Gasteiger partial charge in [0, 0.05) is 18.0 Å². The quantitative estimate of drug-likeness (QED) is 0.764. The molecule has 3 aromatic rings. The number of carbonyl (C=O) groups excluding carboxylic acids is 1. The molecular formula is C21H20N2O3. The monoisotopic (exact) mass is 348 g/mol. The Morgan fingerprint density at radius 1 is 1.27 bits per heavy atom. The molecule has 26 heavy (non-hydrogen) atoms. The second-order valence-electron chi connectivity index (χ2n) is 6.94.